The van der Waals surface area contributed by atoms with E-state index in [9.17, 15) is 4.79 Å². The molecule has 0 aliphatic rings. The van der Waals surface area contributed by atoms with E-state index in [1.165, 1.54) is 11.8 Å². The van der Waals surface area contributed by atoms with Gasteiger partial charge in [0.1, 0.15) is 0 Å². The van der Waals surface area contributed by atoms with Crippen molar-refractivity contribution in [3.8, 4) is 11.4 Å². The summed E-state index contributed by atoms with van der Waals surface area (Å²) in [5.41, 5.74) is 2.08. The molecule has 0 spiro atoms. The molecule has 1 aromatic heterocycles. The predicted molar refractivity (Wildman–Crippen MR) is 114 cm³/mol. The van der Waals surface area contributed by atoms with Crippen LogP contribution in [0.2, 0.25) is 5.02 Å². The summed E-state index contributed by atoms with van der Waals surface area (Å²) >= 11 is 7.40. The van der Waals surface area contributed by atoms with E-state index in [0.717, 1.165) is 28.7 Å². The highest BCUT2D eigenvalue weighted by molar-refractivity contribution is 7.99. The Hall–Kier alpha value is -2.31. The van der Waals surface area contributed by atoms with E-state index in [4.69, 9.17) is 11.6 Å². The van der Waals surface area contributed by atoms with Crippen LogP contribution >= 0.6 is 23.4 Å². The molecule has 0 radical (unpaired) electrons. The van der Waals surface area contributed by atoms with Crippen LogP contribution in [0, 0.1) is 0 Å². The number of hydrogen-bond donors (Lipinski definition) is 0. The minimum absolute atomic E-state index is 0.0926. The minimum Gasteiger partial charge on any atom is -0.338 e. The maximum Gasteiger partial charge on any atom is 0.233 e. The van der Waals surface area contributed by atoms with Crippen molar-refractivity contribution < 1.29 is 4.79 Å². The van der Waals surface area contributed by atoms with Gasteiger partial charge in [-0.15, -0.1) is 10.2 Å². The van der Waals surface area contributed by atoms with E-state index in [-0.39, 0.29) is 5.91 Å². The monoisotopic (exact) mass is 414 g/mol. The SMILES string of the molecule is CCN(Cc1ccccc1)C(=O)CSc1nnc(-c2ccc(Cl)cc2)n1CC. The van der Waals surface area contributed by atoms with Crippen LogP contribution in [0.15, 0.2) is 59.8 Å². The van der Waals surface area contributed by atoms with Crippen LogP contribution < -0.4 is 0 Å². The van der Waals surface area contributed by atoms with Crippen molar-refractivity contribution in [2.45, 2.75) is 32.1 Å². The Balaban J connectivity index is 1.68. The Morgan fingerprint density at radius 1 is 1.07 bits per heavy atom. The van der Waals surface area contributed by atoms with Gasteiger partial charge in [0, 0.05) is 30.2 Å². The Labute approximate surface area is 174 Å². The van der Waals surface area contributed by atoms with Crippen molar-refractivity contribution in [1.82, 2.24) is 19.7 Å². The lowest BCUT2D eigenvalue weighted by Gasteiger charge is -2.20. The summed E-state index contributed by atoms with van der Waals surface area (Å²) in [5, 5.41) is 10.1. The lowest BCUT2D eigenvalue weighted by atomic mass is 10.2. The minimum atomic E-state index is 0.0926. The summed E-state index contributed by atoms with van der Waals surface area (Å²) in [6.45, 7) is 6.06. The molecule has 3 rings (SSSR count). The fourth-order valence-corrected chi connectivity index (χ4v) is 3.92. The number of carbonyl (C=O) groups is 1. The van der Waals surface area contributed by atoms with Crippen molar-refractivity contribution in [3.05, 3.63) is 65.2 Å². The van der Waals surface area contributed by atoms with Crippen LogP contribution in [0.25, 0.3) is 11.4 Å². The molecule has 146 valence electrons. The molecule has 1 amide bonds. The van der Waals surface area contributed by atoms with Crippen molar-refractivity contribution in [2.75, 3.05) is 12.3 Å². The quantitative estimate of drug-likeness (QED) is 0.498. The first kappa shape index (κ1) is 20.4. The molecule has 5 nitrogen and oxygen atoms in total. The van der Waals surface area contributed by atoms with Crippen molar-refractivity contribution in [1.29, 1.82) is 0 Å². The second-order valence-electron chi connectivity index (χ2n) is 6.24. The first-order chi connectivity index (χ1) is 13.6. The van der Waals surface area contributed by atoms with E-state index in [1.54, 1.807) is 0 Å². The number of hydrogen-bond acceptors (Lipinski definition) is 4. The third-order valence-corrected chi connectivity index (χ3v) is 5.61. The second-order valence-corrected chi connectivity index (χ2v) is 7.62. The van der Waals surface area contributed by atoms with Gasteiger partial charge in [-0.2, -0.15) is 0 Å². The first-order valence-corrected chi connectivity index (χ1v) is 10.6. The molecule has 3 aromatic rings. The molecule has 0 N–H and O–H groups in total. The van der Waals surface area contributed by atoms with Crippen LogP contribution in [0.5, 0.6) is 0 Å². The second kappa shape index (κ2) is 9.75. The molecule has 0 aliphatic carbocycles. The molecule has 7 heteroatoms. The molecule has 1 heterocycles. The fourth-order valence-electron chi connectivity index (χ4n) is 2.89. The van der Waals surface area contributed by atoms with Gasteiger partial charge in [0.05, 0.1) is 5.75 Å². The summed E-state index contributed by atoms with van der Waals surface area (Å²) in [6.07, 6.45) is 0. The van der Waals surface area contributed by atoms with Gasteiger partial charge in [-0.1, -0.05) is 53.7 Å². The lowest BCUT2D eigenvalue weighted by Crippen LogP contribution is -2.31. The van der Waals surface area contributed by atoms with Gasteiger partial charge in [-0.3, -0.25) is 4.79 Å². The number of amides is 1. The number of carbonyl (C=O) groups excluding carboxylic acids is 1. The lowest BCUT2D eigenvalue weighted by molar-refractivity contribution is -0.128. The zero-order valence-corrected chi connectivity index (χ0v) is 17.6. The average molecular weight is 415 g/mol. The molecular formula is C21H23ClN4OS. The molecule has 0 aliphatic heterocycles. The summed E-state index contributed by atoms with van der Waals surface area (Å²) in [6, 6.07) is 17.6. The van der Waals surface area contributed by atoms with Crippen molar-refractivity contribution in [3.63, 3.8) is 0 Å². The third kappa shape index (κ3) is 4.94. The number of thioether (sulfide) groups is 1. The van der Waals surface area contributed by atoms with Crippen LogP contribution in [-0.2, 0) is 17.9 Å². The molecule has 2 aromatic carbocycles. The van der Waals surface area contributed by atoms with E-state index in [2.05, 4.69) is 10.2 Å². The zero-order chi connectivity index (χ0) is 19.9. The van der Waals surface area contributed by atoms with Gasteiger partial charge in [0.25, 0.3) is 0 Å². The summed E-state index contributed by atoms with van der Waals surface area (Å²) < 4.78 is 2.02. The van der Waals surface area contributed by atoms with Crippen LogP contribution in [0.3, 0.4) is 0 Å². The van der Waals surface area contributed by atoms with Crippen molar-refractivity contribution >= 4 is 29.3 Å². The Morgan fingerprint density at radius 3 is 2.43 bits per heavy atom. The normalized spacial score (nSPS) is 10.8. The smallest absolute Gasteiger partial charge is 0.233 e. The van der Waals surface area contributed by atoms with Gasteiger partial charge in [0.15, 0.2) is 11.0 Å². The van der Waals surface area contributed by atoms with Gasteiger partial charge in [-0.05, 0) is 43.7 Å². The standard InChI is InChI=1S/C21H23ClN4OS/c1-3-25(14-16-8-6-5-7-9-16)19(27)15-28-21-24-23-20(26(21)4-2)17-10-12-18(22)13-11-17/h5-13H,3-4,14-15H2,1-2H3. The van der Waals surface area contributed by atoms with Gasteiger partial charge in [-0.25, -0.2) is 0 Å². The average Bonchev–Trinajstić information content (AvgIpc) is 3.14. The molecule has 28 heavy (non-hydrogen) atoms. The molecule has 0 fully saturated rings. The Kier molecular flexibility index (Phi) is 7.12. The topological polar surface area (TPSA) is 51.0 Å². The number of halogens is 1. The summed E-state index contributed by atoms with van der Waals surface area (Å²) in [5.74, 6) is 1.21. The molecule has 0 saturated carbocycles. The van der Waals surface area contributed by atoms with Crippen LogP contribution in [0.1, 0.15) is 19.4 Å². The molecule has 0 unspecified atom stereocenters. The largest absolute Gasteiger partial charge is 0.338 e. The number of aromatic nitrogens is 3. The zero-order valence-electron chi connectivity index (χ0n) is 16.0. The van der Waals surface area contributed by atoms with Crippen LogP contribution in [0.4, 0.5) is 0 Å². The van der Waals surface area contributed by atoms with Crippen LogP contribution in [-0.4, -0.2) is 37.9 Å². The molecule has 0 saturated heterocycles. The van der Waals surface area contributed by atoms with E-state index in [1.807, 2.05) is 77.9 Å². The first-order valence-electron chi connectivity index (χ1n) is 9.26. The Morgan fingerprint density at radius 2 is 1.79 bits per heavy atom. The maximum atomic E-state index is 12.7. The number of rotatable bonds is 8. The molecule has 0 atom stereocenters. The van der Waals surface area contributed by atoms with Gasteiger partial charge in [0.2, 0.25) is 5.91 Å². The van der Waals surface area contributed by atoms with Crippen molar-refractivity contribution in [2.24, 2.45) is 0 Å². The van der Waals surface area contributed by atoms with Gasteiger partial charge < -0.3 is 9.47 Å². The highest BCUT2D eigenvalue weighted by atomic mass is 35.5. The number of benzene rings is 2. The van der Waals surface area contributed by atoms with E-state index >= 15 is 0 Å². The highest BCUT2D eigenvalue weighted by Crippen LogP contribution is 2.25. The fraction of sp³-hybridized carbons (Fsp3) is 0.286. The van der Waals surface area contributed by atoms with Gasteiger partial charge >= 0.3 is 0 Å². The Bertz CT molecular complexity index is 912. The summed E-state index contributed by atoms with van der Waals surface area (Å²) in [4.78, 5) is 14.6. The maximum absolute atomic E-state index is 12.7. The molecule has 0 bridgehead atoms. The summed E-state index contributed by atoms with van der Waals surface area (Å²) in [7, 11) is 0. The highest BCUT2D eigenvalue weighted by Gasteiger charge is 2.17. The van der Waals surface area contributed by atoms with E-state index in [0.29, 0.717) is 23.9 Å². The van der Waals surface area contributed by atoms with E-state index < -0.39 is 0 Å². The predicted octanol–water partition coefficient (Wildman–Crippen LogP) is 4.76. The molecular weight excluding hydrogens is 392 g/mol. The third-order valence-electron chi connectivity index (χ3n) is 4.41. The number of nitrogens with zero attached hydrogens (tertiary/aromatic N) is 4.